The zero-order valence-electron chi connectivity index (χ0n) is 41.8. The highest BCUT2D eigenvalue weighted by atomic mass is 16.5. The number of aliphatic hydroxyl groups excluding tert-OH is 2. The van der Waals surface area contributed by atoms with Gasteiger partial charge < -0.3 is 20.3 Å². The molecule has 1 amide bonds. The van der Waals surface area contributed by atoms with Crippen molar-refractivity contribution in [3.05, 3.63) is 24.3 Å². The highest BCUT2D eigenvalue weighted by Crippen LogP contribution is 2.18. The molecule has 366 valence electrons. The van der Waals surface area contributed by atoms with E-state index in [9.17, 15) is 19.8 Å². The van der Waals surface area contributed by atoms with Gasteiger partial charge in [0.15, 0.2) is 0 Å². The molecule has 3 atom stereocenters. The third kappa shape index (κ3) is 44.9. The summed E-state index contributed by atoms with van der Waals surface area (Å²) in [4.78, 5) is 26.2. The fraction of sp³-hybridized carbons (Fsp3) is 0.893. The van der Waals surface area contributed by atoms with Crippen LogP contribution in [-0.4, -0.2) is 46.9 Å². The Morgan fingerprint density at radius 2 is 0.790 bits per heavy atom. The van der Waals surface area contributed by atoms with Crippen LogP contribution in [0.25, 0.3) is 0 Å². The van der Waals surface area contributed by atoms with Gasteiger partial charge in [-0.2, -0.15) is 0 Å². The average molecular weight is 874 g/mol. The Kier molecular flexibility index (Phi) is 49.0. The number of unbranched alkanes of at least 4 members (excludes halogenated alkanes) is 34. The smallest absolute Gasteiger partial charge is 0.306 e. The highest BCUT2D eigenvalue weighted by Gasteiger charge is 2.24. The van der Waals surface area contributed by atoms with Crippen LogP contribution in [0.1, 0.15) is 297 Å². The molecule has 0 saturated heterocycles. The number of aliphatic hydroxyl groups is 2. The van der Waals surface area contributed by atoms with Crippen LogP contribution in [-0.2, 0) is 14.3 Å². The molecule has 0 aromatic heterocycles. The lowest BCUT2D eigenvalue weighted by atomic mass is 10.0. The number of ether oxygens (including phenoxy) is 1. The van der Waals surface area contributed by atoms with Crippen LogP contribution >= 0.6 is 0 Å². The molecular weight excluding hydrogens is 767 g/mol. The maximum Gasteiger partial charge on any atom is 0.306 e. The second kappa shape index (κ2) is 50.3. The number of carbonyl (C=O) groups excluding carboxylic acids is 2. The standard InChI is InChI=1S/C56H107NO5/c1-4-7-10-13-16-19-22-24-26-27-29-31-34-37-40-43-46-49-56(61)62-52(47-44-41-38-35-32-21-18-15-12-9-6-3)50-55(60)57-53(51-58)54(59)48-45-42-39-36-33-30-28-25-23-20-17-14-11-8-5-2/h24,26,35,38,52-54,58-59H,4-23,25,27-34,36-37,39-51H2,1-3H3,(H,57,60)/b26-24+,38-35-. The molecule has 0 radical (unpaired) electrons. The monoisotopic (exact) mass is 874 g/mol. The van der Waals surface area contributed by atoms with E-state index in [2.05, 4.69) is 50.4 Å². The Labute approximate surface area is 386 Å². The lowest BCUT2D eigenvalue weighted by Gasteiger charge is -2.24. The Balaban J connectivity index is 4.49. The molecule has 0 aliphatic heterocycles. The van der Waals surface area contributed by atoms with E-state index < -0.39 is 18.2 Å². The topological polar surface area (TPSA) is 95.9 Å². The van der Waals surface area contributed by atoms with E-state index in [0.717, 1.165) is 51.4 Å². The van der Waals surface area contributed by atoms with Crippen molar-refractivity contribution in [3.63, 3.8) is 0 Å². The Morgan fingerprint density at radius 1 is 0.452 bits per heavy atom. The molecule has 3 N–H and O–H groups in total. The van der Waals surface area contributed by atoms with Crippen LogP contribution in [0, 0.1) is 0 Å². The molecule has 0 spiro atoms. The van der Waals surface area contributed by atoms with Gasteiger partial charge >= 0.3 is 5.97 Å². The zero-order chi connectivity index (χ0) is 45.2. The lowest BCUT2D eigenvalue weighted by molar-refractivity contribution is -0.151. The van der Waals surface area contributed by atoms with Crippen molar-refractivity contribution in [1.82, 2.24) is 5.32 Å². The summed E-state index contributed by atoms with van der Waals surface area (Å²) in [5.41, 5.74) is 0. The van der Waals surface area contributed by atoms with E-state index in [1.807, 2.05) is 0 Å². The van der Waals surface area contributed by atoms with E-state index in [-0.39, 0.29) is 24.9 Å². The van der Waals surface area contributed by atoms with Crippen molar-refractivity contribution >= 4 is 11.9 Å². The number of esters is 1. The molecular formula is C56H107NO5. The number of amides is 1. The van der Waals surface area contributed by atoms with Crippen LogP contribution in [0.3, 0.4) is 0 Å². The van der Waals surface area contributed by atoms with Crippen LogP contribution in [0.4, 0.5) is 0 Å². The average Bonchev–Trinajstić information content (AvgIpc) is 3.26. The summed E-state index contributed by atoms with van der Waals surface area (Å²) in [5.74, 6) is -0.495. The molecule has 0 saturated carbocycles. The van der Waals surface area contributed by atoms with Crippen molar-refractivity contribution < 1.29 is 24.5 Å². The van der Waals surface area contributed by atoms with Gasteiger partial charge in [-0.25, -0.2) is 0 Å². The van der Waals surface area contributed by atoms with Crippen molar-refractivity contribution in [2.75, 3.05) is 6.61 Å². The zero-order valence-corrected chi connectivity index (χ0v) is 41.8. The van der Waals surface area contributed by atoms with Crippen LogP contribution in [0.5, 0.6) is 0 Å². The third-order valence-corrected chi connectivity index (χ3v) is 12.8. The van der Waals surface area contributed by atoms with Gasteiger partial charge in [-0.1, -0.05) is 238 Å². The number of hydrogen-bond donors (Lipinski definition) is 3. The van der Waals surface area contributed by atoms with Crippen LogP contribution < -0.4 is 5.32 Å². The lowest BCUT2D eigenvalue weighted by Crippen LogP contribution is -2.46. The second-order valence-corrected chi connectivity index (χ2v) is 19.0. The minimum atomic E-state index is -0.791. The molecule has 6 nitrogen and oxygen atoms in total. The van der Waals surface area contributed by atoms with Gasteiger partial charge in [-0.05, 0) is 70.6 Å². The van der Waals surface area contributed by atoms with Gasteiger partial charge in [-0.15, -0.1) is 0 Å². The predicted molar refractivity (Wildman–Crippen MR) is 269 cm³/mol. The second-order valence-electron chi connectivity index (χ2n) is 19.0. The molecule has 0 aromatic carbocycles. The number of rotatable bonds is 50. The van der Waals surface area contributed by atoms with E-state index in [4.69, 9.17) is 4.74 Å². The normalized spacial score (nSPS) is 13.3. The third-order valence-electron chi connectivity index (χ3n) is 12.8. The largest absolute Gasteiger partial charge is 0.462 e. The maximum absolute atomic E-state index is 13.2. The SMILES string of the molecule is CCCCCCCC/C=C\CCCC(CC(=O)NC(CO)C(O)CCCCCCCCCCCCCCCCC)OC(=O)CCCCCCCCC/C=C/CCCCCCCC. The molecule has 0 fully saturated rings. The molecule has 0 aliphatic carbocycles. The maximum atomic E-state index is 13.2. The summed E-state index contributed by atoms with van der Waals surface area (Å²) in [6.45, 7) is 6.49. The van der Waals surface area contributed by atoms with Gasteiger partial charge in [0.05, 0.1) is 25.2 Å². The summed E-state index contributed by atoms with van der Waals surface area (Å²) in [7, 11) is 0. The van der Waals surface area contributed by atoms with Gasteiger partial charge in [0.1, 0.15) is 6.10 Å². The fourth-order valence-electron chi connectivity index (χ4n) is 8.54. The Hall–Kier alpha value is -1.66. The Bertz CT molecular complexity index is 981. The quantitative estimate of drug-likeness (QED) is 0.0321. The van der Waals surface area contributed by atoms with Crippen molar-refractivity contribution in [1.29, 1.82) is 0 Å². The number of hydrogen-bond acceptors (Lipinski definition) is 5. The summed E-state index contributed by atoms with van der Waals surface area (Å²) in [6.07, 6.45) is 58.2. The summed E-state index contributed by atoms with van der Waals surface area (Å²) < 4.78 is 5.92. The van der Waals surface area contributed by atoms with Crippen molar-refractivity contribution in [2.45, 2.75) is 315 Å². The fourth-order valence-corrected chi connectivity index (χ4v) is 8.54. The number of carbonyl (C=O) groups is 2. The molecule has 0 aliphatic rings. The van der Waals surface area contributed by atoms with Gasteiger partial charge in [0.2, 0.25) is 5.91 Å². The Morgan fingerprint density at radius 3 is 1.18 bits per heavy atom. The van der Waals surface area contributed by atoms with E-state index in [1.165, 1.54) is 199 Å². The van der Waals surface area contributed by atoms with Gasteiger partial charge in [0, 0.05) is 6.42 Å². The van der Waals surface area contributed by atoms with Gasteiger partial charge in [-0.3, -0.25) is 9.59 Å². The first-order valence-corrected chi connectivity index (χ1v) is 27.6. The molecule has 0 aromatic rings. The molecule has 0 rings (SSSR count). The molecule has 0 heterocycles. The van der Waals surface area contributed by atoms with Gasteiger partial charge in [0.25, 0.3) is 0 Å². The number of allylic oxidation sites excluding steroid dienone is 4. The molecule has 3 unspecified atom stereocenters. The minimum absolute atomic E-state index is 0.0592. The first-order valence-electron chi connectivity index (χ1n) is 27.6. The first-order chi connectivity index (χ1) is 30.5. The number of nitrogens with one attached hydrogen (secondary N) is 1. The molecule has 62 heavy (non-hydrogen) atoms. The van der Waals surface area contributed by atoms with Crippen molar-refractivity contribution in [3.8, 4) is 0 Å². The van der Waals surface area contributed by atoms with E-state index in [1.54, 1.807) is 0 Å². The van der Waals surface area contributed by atoms with Crippen molar-refractivity contribution in [2.24, 2.45) is 0 Å². The predicted octanol–water partition coefficient (Wildman–Crippen LogP) is 16.7. The van der Waals surface area contributed by atoms with Crippen LogP contribution in [0.2, 0.25) is 0 Å². The first kappa shape index (κ1) is 60.3. The van der Waals surface area contributed by atoms with E-state index >= 15 is 0 Å². The van der Waals surface area contributed by atoms with E-state index in [0.29, 0.717) is 19.3 Å². The van der Waals surface area contributed by atoms with Crippen LogP contribution in [0.15, 0.2) is 24.3 Å². The summed E-state index contributed by atoms with van der Waals surface area (Å²) in [6, 6.07) is -0.707. The highest BCUT2D eigenvalue weighted by molar-refractivity contribution is 5.77. The summed E-state index contributed by atoms with van der Waals surface area (Å²) >= 11 is 0. The molecule has 0 bridgehead atoms. The summed E-state index contributed by atoms with van der Waals surface area (Å²) in [5, 5.41) is 23.8. The molecule has 6 heteroatoms. The minimum Gasteiger partial charge on any atom is -0.462 e.